The number of hydrogen-bond acceptors (Lipinski definition) is 6. The van der Waals surface area contributed by atoms with Gasteiger partial charge in [-0.3, -0.25) is 0 Å². The molecule has 0 bridgehead atoms. The van der Waals surface area contributed by atoms with E-state index in [1.807, 2.05) is 34.2 Å². The fourth-order valence-electron chi connectivity index (χ4n) is 2.94. The molecular weight excluding hydrogens is 466 g/mol. The van der Waals surface area contributed by atoms with Gasteiger partial charge < -0.3 is 14.1 Å². The molecule has 0 saturated heterocycles. The van der Waals surface area contributed by atoms with Gasteiger partial charge in [0.1, 0.15) is 11.3 Å². The van der Waals surface area contributed by atoms with Gasteiger partial charge in [0.25, 0.3) is 0 Å². The topological polar surface area (TPSA) is 80.1 Å². The van der Waals surface area contributed by atoms with Crippen molar-refractivity contribution in [3.8, 4) is 17.0 Å². The van der Waals surface area contributed by atoms with E-state index in [2.05, 4.69) is 32.7 Å². The second kappa shape index (κ2) is 8.64. The summed E-state index contributed by atoms with van der Waals surface area (Å²) >= 11 is 4.71. The van der Waals surface area contributed by atoms with Gasteiger partial charge in [0.05, 0.1) is 17.5 Å². The van der Waals surface area contributed by atoms with E-state index in [-0.39, 0.29) is 5.75 Å². The van der Waals surface area contributed by atoms with Crippen LogP contribution >= 0.6 is 27.3 Å². The molecule has 0 atom stereocenters. The number of aromatic hydroxyl groups is 1. The Morgan fingerprint density at radius 2 is 2.07 bits per heavy atom. The summed E-state index contributed by atoms with van der Waals surface area (Å²) in [5, 5.41) is 21.0. The standard InChI is InChI=1S/C22H16BrN3O3S/c1-2-9-26-18(17-11-14-5-3-4-6-20(14)29-21(17)28)13-30-22(26)25-24-12-15-10-16(23)7-8-19(15)27/h2-8,10-13,27H,1,9H2/b24-12-,25-22+. The average molecular weight is 482 g/mol. The molecule has 150 valence electrons. The van der Waals surface area contributed by atoms with Crippen molar-refractivity contribution in [3.63, 3.8) is 0 Å². The van der Waals surface area contributed by atoms with Crippen molar-refractivity contribution in [2.24, 2.45) is 10.2 Å². The molecule has 0 aliphatic rings. The van der Waals surface area contributed by atoms with Gasteiger partial charge in [-0.25, -0.2) is 4.79 Å². The zero-order valence-electron chi connectivity index (χ0n) is 15.7. The second-order valence-electron chi connectivity index (χ2n) is 6.34. The Labute approximate surface area is 183 Å². The summed E-state index contributed by atoms with van der Waals surface area (Å²) in [7, 11) is 0. The maximum absolute atomic E-state index is 12.6. The lowest BCUT2D eigenvalue weighted by atomic mass is 10.1. The number of hydrogen-bond donors (Lipinski definition) is 1. The quantitative estimate of drug-likeness (QED) is 0.190. The van der Waals surface area contributed by atoms with E-state index in [1.54, 1.807) is 30.3 Å². The molecule has 0 saturated carbocycles. The van der Waals surface area contributed by atoms with Crippen LogP contribution in [0.1, 0.15) is 5.56 Å². The molecule has 0 aliphatic heterocycles. The first-order valence-electron chi connectivity index (χ1n) is 8.95. The predicted octanol–water partition coefficient (Wildman–Crippen LogP) is 4.91. The minimum absolute atomic E-state index is 0.108. The van der Waals surface area contributed by atoms with Gasteiger partial charge in [0.15, 0.2) is 0 Å². The van der Waals surface area contributed by atoms with E-state index in [0.717, 1.165) is 9.86 Å². The fourth-order valence-corrected chi connectivity index (χ4v) is 4.18. The monoisotopic (exact) mass is 481 g/mol. The largest absolute Gasteiger partial charge is 0.507 e. The first-order valence-corrected chi connectivity index (χ1v) is 10.6. The first kappa shape index (κ1) is 20.1. The number of rotatable bonds is 5. The first-order chi connectivity index (χ1) is 14.6. The highest BCUT2D eigenvalue weighted by molar-refractivity contribution is 9.10. The van der Waals surface area contributed by atoms with Crippen LogP contribution in [-0.4, -0.2) is 15.9 Å². The molecule has 2 aromatic carbocycles. The van der Waals surface area contributed by atoms with Crippen LogP contribution in [0, 0.1) is 0 Å². The van der Waals surface area contributed by atoms with Crippen LogP contribution in [0.4, 0.5) is 0 Å². The summed E-state index contributed by atoms with van der Waals surface area (Å²) in [5.41, 5.74) is 1.79. The van der Waals surface area contributed by atoms with E-state index in [4.69, 9.17) is 4.42 Å². The number of benzene rings is 2. The second-order valence-corrected chi connectivity index (χ2v) is 8.09. The lowest BCUT2D eigenvalue weighted by molar-refractivity contribution is 0.474. The number of aromatic nitrogens is 1. The summed E-state index contributed by atoms with van der Waals surface area (Å²) in [6, 6.07) is 14.2. The van der Waals surface area contributed by atoms with Crippen molar-refractivity contribution >= 4 is 44.5 Å². The number of allylic oxidation sites excluding steroid dienone is 1. The molecule has 0 radical (unpaired) electrons. The van der Waals surface area contributed by atoms with Crippen LogP contribution in [0.3, 0.4) is 0 Å². The number of phenols is 1. The average Bonchev–Trinajstić information content (AvgIpc) is 3.12. The smallest absolute Gasteiger partial charge is 0.345 e. The fraction of sp³-hybridized carbons (Fsp3) is 0.0455. The molecule has 0 fully saturated rings. The molecule has 0 amide bonds. The van der Waals surface area contributed by atoms with Crippen LogP contribution in [0.5, 0.6) is 5.75 Å². The van der Waals surface area contributed by atoms with Crippen molar-refractivity contribution in [1.29, 1.82) is 0 Å². The Morgan fingerprint density at radius 3 is 2.90 bits per heavy atom. The maximum atomic E-state index is 12.6. The van der Waals surface area contributed by atoms with Crippen LogP contribution < -0.4 is 10.4 Å². The Kier molecular flexibility index (Phi) is 5.78. The number of phenolic OH excluding ortho intramolecular Hbond substituents is 1. The third kappa shape index (κ3) is 4.05. The van der Waals surface area contributed by atoms with Crippen LogP contribution in [0.25, 0.3) is 22.2 Å². The van der Waals surface area contributed by atoms with E-state index in [1.165, 1.54) is 17.6 Å². The molecule has 6 nitrogen and oxygen atoms in total. The summed E-state index contributed by atoms with van der Waals surface area (Å²) in [4.78, 5) is 13.2. The van der Waals surface area contributed by atoms with Gasteiger partial charge in [-0.1, -0.05) is 40.2 Å². The van der Waals surface area contributed by atoms with Gasteiger partial charge in [-0.15, -0.1) is 23.0 Å². The molecule has 1 N–H and O–H groups in total. The van der Waals surface area contributed by atoms with E-state index in [0.29, 0.717) is 33.8 Å². The zero-order valence-corrected chi connectivity index (χ0v) is 18.1. The Morgan fingerprint density at radius 1 is 1.23 bits per heavy atom. The normalized spacial score (nSPS) is 12.1. The van der Waals surface area contributed by atoms with Crippen molar-refractivity contribution in [3.05, 3.63) is 91.8 Å². The van der Waals surface area contributed by atoms with Crippen molar-refractivity contribution in [2.75, 3.05) is 0 Å². The van der Waals surface area contributed by atoms with Crippen LogP contribution in [0.15, 0.2) is 90.5 Å². The van der Waals surface area contributed by atoms with Gasteiger partial charge in [-0.2, -0.15) is 5.10 Å². The minimum Gasteiger partial charge on any atom is -0.507 e. The van der Waals surface area contributed by atoms with Crippen molar-refractivity contribution < 1.29 is 9.52 Å². The highest BCUT2D eigenvalue weighted by Crippen LogP contribution is 2.22. The molecule has 0 unspecified atom stereocenters. The summed E-state index contributed by atoms with van der Waals surface area (Å²) in [6.45, 7) is 4.24. The summed E-state index contributed by atoms with van der Waals surface area (Å²) in [6.07, 6.45) is 3.20. The number of thiazole rings is 1. The number of fused-ring (bicyclic) bond motifs is 1. The highest BCUT2D eigenvalue weighted by atomic mass is 79.9. The zero-order chi connectivity index (χ0) is 21.1. The van der Waals surface area contributed by atoms with Crippen molar-refractivity contribution in [2.45, 2.75) is 6.54 Å². The minimum atomic E-state index is -0.418. The molecule has 0 aliphatic carbocycles. The summed E-state index contributed by atoms with van der Waals surface area (Å²) in [5.74, 6) is 0.108. The molecule has 4 rings (SSSR count). The highest BCUT2D eigenvalue weighted by Gasteiger charge is 2.13. The van der Waals surface area contributed by atoms with Gasteiger partial charge in [-0.05, 0) is 30.3 Å². The Bertz CT molecular complexity index is 1400. The van der Waals surface area contributed by atoms with Crippen molar-refractivity contribution in [1.82, 2.24) is 4.57 Å². The third-order valence-electron chi connectivity index (χ3n) is 4.36. The molecule has 2 heterocycles. The van der Waals surface area contributed by atoms with Crippen LogP contribution in [-0.2, 0) is 6.54 Å². The number of nitrogens with zero attached hydrogens (tertiary/aromatic N) is 3. The number of halogens is 1. The lowest BCUT2D eigenvalue weighted by Gasteiger charge is -2.06. The van der Waals surface area contributed by atoms with E-state index in [9.17, 15) is 9.90 Å². The van der Waals surface area contributed by atoms with Gasteiger partial charge in [0, 0.05) is 27.3 Å². The SMILES string of the molecule is C=CCn1c(-c2cc3ccccc3oc2=O)cs/c1=N/N=C\c1cc(Br)ccc1O. The molecule has 4 aromatic rings. The third-order valence-corrected chi connectivity index (χ3v) is 5.70. The predicted molar refractivity (Wildman–Crippen MR) is 123 cm³/mol. The summed E-state index contributed by atoms with van der Waals surface area (Å²) < 4.78 is 8.14. The molecular formula is C22H16BrN3O3S. The Balaban J connectivity index is 1.79. The molecule has 0 spiro atoms. The van der Waals surface area contributed by atoms with Gasteiger partial charge in [0.2, 0.25) is 4.80 Å². The van der Waals surface area contributed by atoms with Gasteiger partial charge >= 0.3 is 5.63 Å². The molecule has 8 heteroatoms. The van der Waals surface area contributed by atoms with E-state index >= 15 is 0 Å². The lowest BCUT2D eigenvalue weighted by Crippen LogP contribution is -2.17. The molecule has 30 heavy (non-hydrogen) atoms. The number of para-hydroxylation sites is 1. The van der Waals surface area contributed by atoms with E-state index < -0.39 is 5.63 Å². The van der Waals surface area contributed by atoms with Crippen LogP contribution in [0.2, 0.25) is 0 Å². The molecule has 2 aromatic heterocycles. The maximum Gasteiger partial charge on any atom is 0.345 e. The Hall–Kier alpha value is -3.23.